The second-order valence-electron chi connectivity index (χ2n) is 9.57. The van der Waals surface area contributed by atoms with Gasteiger partial charge in [0.1, 0.15) is 6.04 Å². The maximum Gasteiger partial charge on any atom is 0.323 e. The molecule has 2 aromatic rings. The monoisotopic (exact) mass is 505 g/mol. The van der Waals surface area contributed by atoms with Crippen molar-refractivity contribution >= 4 is 27.8 Å². The molecule has 1 fully saturated rings. The van der Waals surface area contributed by atoms with Gasteiger partial charge in [0.15, 0.2) is 0 Å². The Balaban J connectivity index is 1.75. The molecule has 2 aromatic carbocycles. The molecule has 0 bridgehead atoms. The third-order valence-corrected chi connectivity index (χ3v) is 9.33. The Kier molecular flexibility index (Phi) is 8.47. The van der Waals surface area contributed by atoms with Crippen LogP contribution >= 0.6 is 11.8 Å². The minimum Gasteiger partial charge on any atom is -0.480 e. The van der Waals surface area contributed by atoms with Crippen molar-refractivity contribution in [3.05, 3.63) is 54.1 Å². The van der Waals surface area contributed by atoms with E-state index < -0.39 is 26.8 Å². The Morgan fingerprint density at radius 1 is 1.03 bits per heavy atom. The minimum atomic E-state index is -3.93. The lowest BCUT2D eigenvalue weighted by molar-refractivity contribution is -0.142. The third kappa shape index (κ3) is 6.20. The van der Waals surface area contributed by atoms with Gasteiger partial charge in [-0.05, 0) is 63.8 Å². The number of rotatable bonds is 9. The number of carbonyl (C=O) groups is 1. The zero-order valence-electron chi connectivity index (χ0n) is 20.6. The van der Waals surface area contributed by atoms with Crippen LogP contribution in [0.2, 0.25) is 0 Å². The van der Waals surface area contributed by atoms with Crippen molar-refractivity contribution in [1.82, 2.24) is 14.1 Å². The normalized spacial score (nSPS) is 19.0. The van der Waals surface area contributed by atoms with Gasteiger partial charge in [-0.1, -0.05) is 36.4 Å². The van der Waals surface area contributed by atoms with Crippen molar-refractivity contribution in [2.45, 2.75) is 36.1 Å². The van der Waals surface area contributed by atoms with Crippen LogP contribution in [0.5, 0.6) is 0 Å². The number of sulfonamides is 1. The molecule has 1 aliphatic heterocycles. The molecule has 3 rings (SSSR count). The summed E-state index contributed by atoms with van der Waals surface area (Å²) in [7, 11) is 2.31. The summed E-state index contributed by atoms with van der Waals surface area (Å²) in [4.78, 5) is 16.5. The van der Waals surface area contributed by atoms with Gasteiger partial charge >= 0.3 is 5.97 Å². The van der Waals surface area contributed by atoms with Crippen molar-refractivity contribution in [3.8, 4) is 11.1 Å². The number of nitrogens with zero attached hydrogens (tertiary/aromatic N) is 3. The first-order chi connectivity index (χ1) is 15.9. The molecule has 0 amide bonds. The standard InChI is InChI=1S/C25H35N3O4S2/c1-25(2)23(24(29)30)28(16-17-33-25)34(31,32)22-12-10-21(11-13-22)20-8-6-19(7-9-20)18-27(5)15-14-26(3)4/h6-13,23H,14-18H2,1-5H3,(H,29,30)/t23-/m0/s1. The Bertz CT molecular complexity index is 1080. The molecule has 9 heteroatoms. The van der Waals surface area contributed by atoms with E-state index in [1.807, 2.05) is 12.1 Å². The van der Waals surface area contributed by atoms with E-state index in [-0.39, 0.29) is 11.4 Å². The molecule has 1 heterocycles. The van der Waals surface area contributed by atoms with Crippen LogP contribution in [0.3, 0.4) is 0 Å². The Hall–Kier alpha value is -1.91. The predicted molar refractivity (Wildman–Crippen MR) is 139 cm³/mol. The summed E-state index contributed by atoms with van der Waals surface area (Å²) >= 11 is 1.49. The Morgan fingerprint density at radius 2 is 1.59 bits per heavy atom. The Morgan fingerprint density at radius 3 is 2.12 bits per heavy atom. The summed E-state index contributed by atoms with van der Waals surface area (Å²) in [5.41, 5.74) is 3.13. The lowest BCUT2D eigenvalue weighted by Crippen LogP contribution is -2.58. The van der Waals surface area contributed by atoms with Crippen LogP contribution in [0, 0.1) is 0 Å². The topological polar surface area (TPSA) is 81.2 Å². The van der Waals surface area contributed by atoms with E-state index in [9.17, 15) is 18.3 Å². The van der Waals surface area contributed by atoms with Crippen molar-refractivity contribution in [2.24, 2.45) is 0 Å². The van der Waals surface area contributed by atoms with E-state index in [1.165, 1.54) is 17.3 Å². The maximum absolute atomic E-state index is 13.3. The number of likely N-dealkylation sites (N-methyl/N-ethyl adjacent to an activating group) is 2. The van der Waals surface area contributed by atoms with E-state index in [2.05, 4.69) is 43.1 Å². The number of carboxylic acids is 1. The molecule has 0 radical (unpaired) electrons. The molecule has 0 aliphatic carbocycles. The highest BCUT2D eigenvalue weighted by Crippen LogP contribution is 2.38. The predicted octanol–water partition coefficient (Wildman–Crippen LogP) is 3.32. The van der Waals surface area contributed by atoms with E-state index in [0.717, 1.165) is 35.1 Å². The van der Waals surface area contributed by atoms with Gasteiger partial charge in [-0.15, -0.1) is 0 Å². The first-order valence-corrected chi connectivity index (χ1v) is 13.8. The number of carboxylic acid groups (broad SMARTS) is 1. The van der Waals surface area contributed by atoms with Crippen LogP contribution in [0.15, 0.2) is 53.4 Å². The first kappa shape index (κ1) is 26.7. The quantitative estimate of drug-likeness (QED) is 0.560. The van der Waals surface area contributed by atoms with E-state index in [4.69, 9.17) is 0 Å². The zero-order valence-corrected chi connectivity index (χ0v) is 22.2. The summed E-state index contributed by atoms with van der Waals surface area (Å²) in [5.74, 6) is -0.560. The minimum absolute atomic E-state index is 0.115. The second-order valence-corrected chi connectivity index (χ2v) is 13.2. The second kappa shape index (κ2) is 10.8. The van der Waals surface area contributed by atoms with Crippen molar-refractivity contribution in [1.29, 1.82) is 0 Å². The fourth-order valence-corrected chi connectivity index (χ4v) is 7.25. The molecule has 0 unspecified atom stereocenters. The maximum atomic E-state index is 13.3. The van der Waals surface area contributed by atoms with Crippen LogP contribution in [0.4, 0.5) is 0 Å². The van der Waals surface area contributed by atoms with Crippen LogP contribution in [-0.2, 0) is 21.4 Å². The molecule has 1 aliphatic rings. The highest BCUT2D eigenvalue weighted by molar-refractivity contribution is 8.00. The van der Waals surface area contributed by atoms with Gasteiger partial charge in [0.2, 0.25) is 10.0 Å². The largest absolute Gasteiger partial charge is 0.480 e. The van der Waals surface area contributed by atoms with Gasteiger partial charge in [-0.25, -0.2) is 8.42 Å². The molecule has 1 atom stereocenters. The summed E-state index contributed by atoms with van der Waals surface area (Å²) in [6.45, 7) is 6.60. The van der Waals surface area contributed by atoms with E-state index >= 15 is 0 Å². The summed E-state index contributed by atoms with van der Waals surface area (Å²) in [6.07, 6.45) is 0. The number of hydrogen-bond acceptors (Lipinski definition) is 6. The van der Waals surface area contributed by atoms with Gasteiger partial charge in [0.25, 0.3) is 0 Å². The number of aliphatic carboxylic acids is 1. The van der Waals surface area contributed by atoms with Gasteiger partial charge < -0.3 is 14.9 Å². The molecule has 0 saturated carbocycles. The van der Waals surface area contributed by atoms with Crippen LogP contribution in [0.1, 0.15) is 19.4 Å². The highest BCUT2D eigenvalue weighted by Gasteiger charge is 2.48. The lowest BCUT2D eigenvalue weighted by Gasteiger charge is -2.42. The molecule has 7 nitrogen and oxygen atoms in total. The smallest absolute Gasteiger partial charge is 0.323 e. The van der Waals surface area contributed by atoms with E-state index in [0.29, 0.717) is 5.75 Å². The van der Waals surface area contributed by atoms with Gasteiger partial charge in [-0.2, -0.15) is 16.1 Å². The average molecular weight is 506 g/mol. The van der Waals surface area contributed by atoms with Gasteiger partial charge in [-0.3, -0.25) is 4.79 Å². The van der Waals surface area contributed by atoms with Crippen molar-refractivity contribution < 1.29 is 18.3 Å². The van der Waals surface area contributed by atoms with Crippen molar-refractivity contribution in [3.63, 3.8) is 0 Å². The van der Waals surface area contributed by atoms with Crippen molar-refractivity contribution in [2.75, 3.05) is 46.5 Å². The molecular weight excluding hydrogens is 470 g/mol. The molecule has 1 N–H and O–H groups in total. The lowest BCUT2D eigenvalue weighted by atomic mass is 10.0. The molecule has 0 spiro atoms. The summed E-state index contributed by atoms with van der Waals surface area (Å²) < 4.78 is 27.1. The SMILES string of the molecule is CN(C)CCN(C)Cc1ccc(-c2ccc(S(=O)(=O)N3CCSC(C)(C)[C@@H]3C(=O)O)cc2)cc1. The molecule has 0 aromatic heterocycles. The first-order valence-electron chi connectivity index (χ1n) is 11.3. The fraction of sp³-hybridized carbons (Fsp3) is 0.480. The molecule has 34 heavy (non-hydrogen) atoms. The van der Waals surface area contributed by atoms with E-state index in [1.54, 1.807) is 38.1 Å². The van der Waals surface area contributed by atoms with Gasteiger partial charge in [0.05, 0.1) is 4.90 Å². The molecule has 1 saturated heterocycles. The van der Waals surface area contributed by atoms with Crippen LogP contribution in [-0.4, -0.2) is 90.9 Å². The zero-order chi connectivity index (χ0) is 25.1. The number of benzene rings is 2. The summed E-state index contributed by atoms with van der Waals surface area (Å²) in [5, 5.41) is 9.75. The highest BCUT2D eigenvalue weighted by atomic mass is 32.2. The van der Waals surface area contributed by atoms with Crippen LogP contribution in [0.25, 0.3) is 11.1 Å². The molecular formula is C25H35N3O4S2. The van der Waals surface area contributed by atoms with Crippen LogP contribution < -0.4 is 0 Å². The average Bonchev–Trinajstić information content (AvgIpc) is 2.77. The third-order valence-electron chi connectivity index (χ3n) is 6.10. The Labute approximate surface area is 207 Å². The summed E-state index contributed by atoms with van der Waals surface area (Å²) in [6, 6.07) is 13.9. The molecule has 186 valence electrons. The van der Waals surface area contributed by atoms with Gasteiger partial charge in [0, 0.05) is 36.7 Å². The number of thioether (sulfide) groups is 1. The number of hydrogen-bond donors (Lipinski definition) is 1. The fourth-order valence-electron chi connectivity index (χ4n) is 4.15.